The Kier molecular flexibility index (Phi) is 4.59. The van der Waals surface area contributed by atoms with Crippen LogP contribution < -0.4 is 5.32 Å². The number of nitrogens with one attached hydrogen (secondary N) is 1. The summed E-state index contributed by atoms with van der Waals surface area (Å²) in [7, 11) is 0. The lowest BCUT2D eigenvalue weighted by atomic mass is 9.57. The van der Waals surface area contributed by atoms with Crippen LogP contribution in [0.2, 0.25) is 5.02 Å². The molecule has 0 saturated carbocycles. The van der Waals surface area contributed by atoms with Gasteiger partial charge in [0, 0.05) is 63.1 Å². The van der Waals surface area contributed by atoms with Gasteiger partial charge in [-0.15, -0.1) is 11.8 Å². The van der Waals surface area contributed by atoms with Crippen LogP contribution in [0.5, 0.6) is 0 Å². The van der Waals surface area contributed by atoms with Gasteiger partial charge in [0.15, 0.2) is 17.1 Å². The number of non-ortho nitro benzene ring substituents is 1. The van der Waals surface area contributed by atoms with E-state index in [0.29, 0.717) is 27.9 Å². The lowest BCUT2D eigenvalue weighted by Gasteiger charge is -2.42. The number of thioether (sulfide) groups is 1. The molecule has 4 aliphatic rings. The minimum atomic E-state index is -1.85. The summed E-state index contributed by atoms with van der Waals surface area (Å²) in [5.41, 5.74) is -1.87. The number of amides is 1. The van der Waals surface area contributed by atoms with Crippen molar-refractivity contribution in [1.82, 2.24) is 4.90 Å². The maximum absolute atomic E-state index is 14.7. The Morgan fingerprint density at radius 1 is 1.00 bits per heavy atom. The van der Waals surface area contributed by atoms with Crippen molar-refractivity contribution in [3.05, 3.63) is 104 Å². The molecule has 1 N–H and O–H groups in total. The van der Waals surface area contributed by atoms with Crippen molar-refractivity contribution in [3.63, 3.8) is 0 Å². The zero-order chi connectivity index (χ0) is 25.7. The van der Waals surface area contributed by atoms with E-state index < -0.39 is 39.3 Å². The molecule has 0 aromatic heterocycles. The van der Waals surface area contributed by atoms with Crippen LogP contribution in [0.15, 0.2) is 66.7 Å². The molecular weight excluding hydrogens is 514 g/mol. The predicted molar refractivity (Wildman–Crippen MR) is 138 cm³/mol. The van der Waals surface area contributed by atoms with E-state index in [9.17, 15) is 24.5 Å². The van der Waals surface area contributed by atoms with E-state index >= 15 is 0 Å². The van der Waals surface area contributed by atoms with E-state index in [1.165, 1.54) is 18.2 Å². The second-order valence-electron chi connectivity index (χ2n) is 9.73. The number of halogens is 1. The highest BCUT2D eigenvalue weighted by atomic mass is 35.5. The van der Waals surface area contributed by atoms with Gasteiger partial charge in [0.2, 0.25) is 0 Å². The highest BCUT2D eigenvalue weighted by Crippen LogP contribution is 2.70. The molecule has 3 heterocycles. The van der Waals surface area contributed by atoms with Crippen LogP contribution in [-0.2, 0) is 10.3 Å². The fraction of sp³-hybridized carbons (Fsp3) is 0.222. The largest absolute Gasteiger partial charge is 0.324 e. The molecule has 0 unspecified atom stereocenters. The third kappa shape index (κ3) is 2.52. The molecule has 184 valence electrons. The van der Waals surface area contributed by atoms with Crippen LogP contribution in [0.4, 0.5) is 11.4 Å². The van der Waals surface area contributed by atoms with Gasteiger partial charge in [-0.3, -0.25) is 29.4 Å². The number of anilines is 1. The van der Waals surface area contributed by atoms with Crippen LogP contribution in [0.3, 0.4) is 0 Å². The summed E-state index contributed by atoms with van der Waals surface area (Å²) in [4.78, 5) is 56.8. The van der Waals surface area contributed by atoms with Crippen molar-refractivity contribution in [2.24, 2.45) is 5.41 Å². The van der Waals surface area contributed by atoms with Gasteiger partial charge in [0.25, 0.3) is 11.6 Å². The van der Waals surface area contributed by atoms with E-state index in [4.69, 9.17) is 11.6 Å². The molecular formula is C27H18ClN3O5S. The smallest absolute Gasteiger partial charge is 0.269 e. The van der Waals surface area contributed by atoms with Gasteiger partial charge in [-0.05, 0) is 23.8 Å². The second-order valence-corrected chi connectivity index (χ2v) is 11.2. The SMILES string of the molecule is O=C1c2ccccc2C(=O)C12[C@@H](c1ccc(Cl)cc1)[C@@H]1CSCN1[C@@]21C(=O)Nc2ccc([N+](=O)[O-])cc21. The summed E-state index contributed by atoms with van der Waals surface area (Å²) in [6.07, 6.45) is 0. The van der Waals surface area contributed by atoms with Crippen molar-refractivity contribution in [2.75, 3.05) is 16.9 Å². The number of fused-ring (bicyclic) bond motifs is 6. The Hall–Kier alpha value is -3.53. The van der Waals surface area contributed by atoms with Crippen molar-refractivity contribution in [2.45, 2.75) is 17.5 Å². The summed E-state index contributed by atoms with van der Waals surface area (Å²) >= 11 is 7.80. The minimum Gasteiger partial charge on any atom is -0.324 e. The standard InChI is InChI=1S/C27H18ClN3O5S/c28-15-7-5-14(6-8-15)22-21-12-37-13-30(21)27(19-11-16(31(35)36)9-10-20(19)29-25(27)34)26(22)23(32)17-3-1-2-4-18(17)24(26)33/h1-11,21-22H,12-13H2,(H,29,34)/t21-,22-,27-/m0/s1. The predicted octanol–water partition coefficient (Wildman–Crippen LogP) is 4.63. The molecule has 1 amide bonds. The molecule has 2 fully saturated rings. The number of nitrogens with zero attached hydrogens (tertiary/aromatic N) is 2. The summed E-state index contributed by atoms with van der Waals surface area (Å²) in [6, 6.07) is 17.5. The molecule has 3 atom stereocenters. The van der Waals surface area contributed by atoms with Crippen LogP contribution in [0, 0.1) is 15.5 Å². The van der Waals surface area contributed by atoms with Gasteiger partial charge < -0.3 is 5.32 Å². The Labute approximate surface area is 220 Å². The van der Waals surface area contributed by atoms with Crippen molar-refractivity contribution in [1.29, 1.82) is 0 Å². The van der Waals surface area contributed by atoms with Gasteiger partial charge in [0.05, 0.1) is 4.92 Å². The van der Waals surface area contributed by atoms with Crippen LogP contribution in [0.25, 0.3) is 0 Å². The molecule has 2 saturated heterocycles. The molecule has 10 heteroatoms. The van der Waals surface area contributed by atoms with Gasteiger partial charge in [-0.1, -0.05) is 48.0 Å². The maximum Gasteiger partial charge on any atom is 0.269 e. The van der Waals surface area contributed by atoms with Crippen molar-refractivity contribution >= 4 is 52.2 Å². The highest BCUT2D eigenvalue weighted by Gasteiger charge is 2.82. The Bertz CT molecular complexity index is 1540. The number of hydrogen-bond acceptors (Lipinski definition) is 7. The van der Waals surface area contributed by atoms with Crippen LogP contribution in [-0.4, -0.2) is 45.0 Å². The number of rotatable bonds is 2. The highest BCUT2D eigenvalue weighted by molar-refractivity contribution is 7.99. The molecule has 3 aromatic rings. The molecule has 1 aliphatic carbocycles. The van der Waals surface area contributed by atoms with E-state index in [0.717, 1.165) is 5.56 Å². The lowest BCUT2D eigenvalue weighted by Crippen LogP contribution is -2.60. The molecule has 37 heavy (non-hydrogen) atoms. The third-order valence-corrected chi connectivity index (χ3v) is 9.60. The third-order valence-electron chi connectivity index (χ3n) is 8.31. The lowest BCUT2D eigenvalue weighted by molar-refractivity contribution is -0.385. The van der Waals surface area contributed by atoms with Gasteiger partial charge in [-0.25, -0.2) is 0 Å². The summed E-state index contributed by atoms with van der Waals surface area (Å²) < 4.78 is 0. The quantitative estimate of drug-likeness (QED) is 0.291. The van der Waals surface area contributed by atoms with E-state index in [-0.39, 0.29) is 22.9 Å². The second kappa shape index (κ2) is 7.50. The van der Waals surface area contributed by atoms with Crippen molar-refractivity contribution in [3.8, 4) is 0 Å². The molecule has 8 nitrogen and oxygen atoms in total. The number of benzene rings is 3. The molecule has 7 rings (SSSR count). The topological polar surface area (TPSA) is 110 Å². The summed E-state index contributed by atoms with van der Waals surface area (Å²) in [5.74, 6) is -1.07. The molecule has 0 radical (unpaired) electrons. The normalized spacial score (nSPS) is 27.0. The summed E-state index contributed by atoms with van der Waals surface area (Å²) in [6.45, 7) is 0. The zero-order valence-electron chi connectivity index (χ0n) is 19.1. The first-order valence-electron chi connectivity index (χ1n) is 11.7. The number of nitro groups is 1. The number of carbonyl (C=O) groups excluding carboxylic acids is 3. The van der Waals surface area contributed by atoms with Crippen LogP contribution >= 0.6 is 23.4 Å². The van der Waals surface area contributed by atoms with Crippen molar-refractivity contribution < 1.29 is 19.3 Å². The first-order chi connectivity index (χ1) is 17.8. The zero-order valence-corrected chi connectivity index (χ0v) is 20.7. The fourth-order valence-corrected chi connectivity index (χ4v) is 8.47. The molecule has 0 bridgehead atoms. The summed E-state index contributed by atoms with van der Waals surface area (Å²) in [5, 5.41) is 15.2. The molecule has 3 aliphatic heterocycles. The monoisotopic (exact) mass is 531 g/mol. The Morgan fingerprint density at radius 2 is 1.68 bits per heavy atom. The van der Waals surface area contributed by atoms with E-state index in [1.54, 1.807) is 60.3 Å². The maximum atomic E-state index is 14.7. The van der Waals surface area contributed by atoms with E-state index in [2.05, 4.69) is 5.32 Å². The van der Waals surface area contributed by atoms with Gasteiger partial charge >= 0.3 is 0 Å². The Balaban J connectivity index is 1.62. The number of Topliss-reactive ketones (excluding diaryl/α,β-unsaturated/α-hetero) is 2. The number of carbonyl (C=O) groups is 3. The average molecular weight is 532 g/mol. The first-order valence-corrected chi connectivity index (χ1v) is 13.3. The number of hydrogen-bond donors (Lipinski definition) is 1. The Morgan fingerprint density at radius 3 is 2.32 bits per heavy atom. The fourth-order valence-electron chi connectivity index (χ4n) is 7.05. The average Bonchev–Trinajstić information content (AvgIpc) is 3.60. The van der Waals surface area contributed by atoms with E-state index in [1.807, 2.05) is 4.90 Å². The van der Waals surface area contributed by atoms with Crippen LogP contribution in [0.1, 0.15) is 37.8 Å². The molecule has 2 spiro atoms. The number of ketones is 2. The van der Waals surface area contributed by atoms with Gasteiger partial charge in [-0.2, -0.15) is 0 Å². The minimum absolute atomic E-state index is 0.210. The molecule has 3 aromatic carbocycles. The number of nitro benzene ring substituents is 1. The van der Waals surface area contributed by atoms with Gasteiger partial charge in [0.1, 0.15) is 5.41 Å². The first kappa shape index (κ1) is 22.7.